The van der Waals surface area contributed by atoms with E-state index in [-0.39, 0.29) is 22.7 Å². The van der Waals surface area contributed by atoms with Gasteiger partial charge in [0.05, 0.1) is 18.2 Å². The third-order valence-corrected chi connectivity index (χ3v) is 6.05. The third kappa shape index (κ3) is 5.46. The summed E-state index contributed by atoms with van der Waals surface area (Å²) < 4.78 is 59.7. The van der Waals surface area contributed by atoms with Gasteiger partial charge in [-0.05, 0) is 42.0 Å². The van der Waals surface area contributed by atoms with Gasteiger partial charge in [0.2, 0.25) is 5.95 Å². The van der Waals surface area contributed by atoms with E-state index in [4.69, 9.17) is 16.3 Å². The van der Waals surface area contributed by atoms with Gasteiger partial charge >= 0.3 is 6.18 Å². The molecule has 1 aliphatic heterocycles. The highest BCUT2D eigenvalue weighted by Gasteiger charge is 2.34. The van der Waals surface area contributed by atoms with Crippen LogP contribution in [0.2, 0.25) is 5.02 Å². The van der Waals surface area contributed by atoms with E-state index in [2.05, 4.69) is 20.4 Å². The van der Waals surface area contributed by atoms with E-state index in [1.807, 2.05) is 0 Å². The SMILES string of the molecule is O=C(c1cccc(-c2cnc(Nc3ccc(F)c(Cl)c3)nc2-n2ccc(C(F)(F)F)n2)c1)N1CCOCC1. The van der Waals surface area contributed by atoms with Crippen LogP contribution in [0.15, 0.2) is 60.9 Å². The number of halogens is 5. The zero-order valence-electron chi connectivity index (χ0n) is 19.5. The van der Waals surface area contributed by atoms with Crippen molar-refractivity contribution in [1.29, 1.82) is 0 Å². The van der Waals surface area contributed by atoms with Crippen LogP contribution in [0.1, 0.15) is 16.1 Å². The number of rotatable bonds is 5. The number of alkyl halides is 3. The first-order valence-corrected chi connectivity index (χ1v) is 11.8. The summed E-state index contributed by atoms with van der Waals surface area (Å²) in [5, 5.41) is 6.39. The molecule has 4 aromatic rings. The lowest BCUT2D eigenvalue weighted by Crippen LogP contribution is -2.40. The zero-order valence-corrected chi connectivity index (χ0v) is 20.3. The summed E-state index contributed by atoms with van der Waals surface area (Å²) in [6.45, 7) is 1.80. The highest BCUT2D eigenvalue weighted by molar-refractivity contribution is 6.31. The normalized spacial score (nSPS) is 14.0. The number of ether oxygens (including phenoxy) is 1. The number of amides is 1. The van der Waals surface area contributed by atoms with E-state index in [1.165, 1.54) is 18.3 Å². The van der Waals surface area contributed by atoms with E-state index in [0.717, 1.165) is 23.0 Å². The first kappa shape index (κ1) is 25.6. The van der Waals surface area contributed by atoms with Gasteiger partial charge < -0.3 is 15.0 Å². The second-order valence-corrected chi connectivity index (χ2v) is 8.72. The highest BCUT2D eigenvalue weighted by atomic mass is 35.5. The van der Waals surface area contributed by atoms with Crippen molar-refractivity contribution in [3.63, 3.8) is 0 Å². The van der Waals surface area contributed by atoms with Crippen molar-refractivity contribution in [3.8, 4) is 16.9 Å². The van der Waals surface area contributed by atoms with Gasteiger partial charge in [0.15, 0.2) is 11.5 Å². The summed E-state index contributed by atoms with van der Waals surface area (Å²) in [7, 11) is 0. The van der Waals surface area contributed by atoms with Crippen molar-refractivity contribution in [2.24, 2.45) is 0 Å². The molecule has 0 saturated carbocycles. The Morgan fingerprint density at radius 2 is 1.87 bits per heavy atom. The van der Waals surface area contributed by atoms with Crippen molar-refractivity contribution in [1.82, 2.24) is 24.6 Å². The van der Waals surface area contributed by atoms with Crippen molar-refractivity contribution in [2.45, 2.75) is 6.18 Å². The van der Waals surface area contributed by atoms with Crippen LogP contribution in [-0.2, 0) is 10.9 Å². The zero-order chi connectivity index (χ0) is 26.9. The molecule has 0 spiro atoms. The number of aromatic nitrogens is 4. The molecule has 13 heteroatoms. The Kier molecular flexibility index (Phi) is 7.00. The molecule has 1 N–H and O–H groups in total. The monoisotopic (exact) mass is 546 g/mol. The quantitative estimate of drug-likeness (QED) is 0.339. The number of carbonyl (C=O) groups excluding carboxylic acids is 1. The lowest BCUT2D eigenvalue weighted by Gasteiger charge is -2.27. The van der Waals surface area contributed by atoms with E-state index in [0.29, 0.717) is 48.7 Å². The molecule has 196 valence electrons. The third-order valence-electron chi connectivity index (χ3n) is 5.76. The van der Waals surface area contributed by atoms with Crippen LogP contribution in [-0.4, -0.2) is 56.9 Å². The van der Waals surface area contributed by atoms with Crippen molar-refractivity contribution >= 4 is 29.1 Å². The molecule has 0 bridgehead atoms. The predicted molar refractivity (Wildman–Crippen MR) is 131 cm³/mol. The Morgan fingerprint density at radius 3 is 2.58 bits per heavy atom. The minimum Gasteiger partial charge on any atom is -0.378 e. The fourth-order valence-electron chi connectivity index (χ4n) is 3.88. The summed E-state index contributed by atoms with van der Waals surface area (Å²) in [5.74, 6) is -0.766. The molecule has 1 amide bonds. The Labute approximate surface area is 218 Å². The van der Waals surface area contributed by atoms with Gasteiger partial charge in [-0.3, -0.25) is 4.79 Å². The largest absolute Gasteiger partial charge is 0.435 e. The van der Waals surface area contributed by atoms with Gasteiger partial charge in [0, 0.05) is 42.3 Å². The Bertz CT molecular complexity index is 1490. The average Bonchev–Trinajstić information content (AvgIpc) is 3.42. The molecule has 0 atom stereocenters. The van der Waals surface area contributed by atoms with Crippen LogP contribution in [0.25, 0.3) is 16.9 Å². The minimum atomic E-state index is -4.66. The Morgan fingerprint density at radius 1 is 1.08 bits per heavy atom. The molecule has 1 fully saturated rings. The molecule has 1 saturated heterocycles. The van der Waals surface area contributed by atoms with Crippen LogP contribution in [0.4, 0.5) is 29.2 Å². The number of hydrogen-bond acceptors (Lipinski definition) is 6. The number of hydrogen-bond donors (Lipinski definition) is 1. The lowest BCUT2D eigenvalue weighted by molar-refractivity contribution is -0.141. The fraction of sp³-hybridized carbons (Fsp3) is 0.200. The minimum absolute atomic E-state index is 0.0102. The molecule has 5 rings (SSSR count). The molecule has 3 heterocycles. The van der Waals surface area contributed by atoms with Crippen molar-refractivity contribution in [3.05, 3.63) is 83.0 Å². The molecule has 0 radical (unpaired) electrons. The molecular formula is C25H19ClF4N6O2. The summed E-state index contributed by atoms with van der Waals surface area (Å²) in [6.07, 6.45) is -2.12. The lowest BCUT2D eigenvalue weighted by atomic mass is 10.0. The van der Waals surface area contributed by atoms with Crippen LogP contribution in [0, 0.1) is 5.82 Å². The van der Waals surface area contributed by atoms with Crippen LogP contribution in [0.5, 0.6) is 0 Å². The number of morpholine rings is 1. The number of nitrogens with zero attached hydrogens (tertiary/aromatic N) is 5. The van der Waals surface area contributed by atoms with Gasteiger partial charge in [-0.1, -0.05) is 23.7 Å². The van der Waals surface area contributed by atoms with Crippen LogP contribution >= 0.6 is 11.6 Å². The maximum Gasteiger partial charge on any atom is 0.435 e. The molecule has 1 aliphatic rings. The van der Waals surface area contributed by atoms with Gasteiger partial charge in [-0.25, -0.2) is 14.1 Å². The van der Waals surface area contributed by atoms with Crippen LogP contribution in [0.3, 0.4) is 0 Å². The van der Waals surface area contributed by atoms with Gasteiger partial charge in [-0.2, -0.15) is 23.3 Å². The van der Waals surface area contributed by atoms with E-state index < -0.39 is 17.7 Å². The Balaban J connectivity index is 1.55. The maximum atomic E-state index is 13.5. The van der Waals surface area contributed by atoms with Gasteiger partial charge in [0.25, 0.3) is 5.91 Å². The molecule has 2 aromatic heterocycles. The second-order valence-electron chi connectivity index (χ2n) is 8.31. The van der Waals surface area contributed by atoms with Crippen molar-refractivity contribution < 1.29 is 27.1 Å². The topological polar surface area (TPSA) is 85.2 Å². The van der Waals surface area contributed by atoms with Crippen molar-refractivity contribution in [2.75, 3.05) is 31.6 Å². The van der Waals surface area contributed by atoms with Gasteiger partial charge in [0.1, 0.15) is 5.82 Å². The number of benzene rings is 2. The fourth-order valence-corrected chi connectivity index (χ4v) is 4.06. The summed E-state index contributed by atoms with van der Waals surface area (Å²) in [4.78, 5) is 23.3. The first-order valence-electron chi connectivity index (χ1n) is 11.4. The molecular weight excluding hydrogens is 528 g/mol. The average molecular weight is 547 g/mol. The number of carbonyl (C=O) groups is 1. The standard InChI is InChI=1S/C25H19ClF4N6O2/c26-19-13-17(4-5-20(19)27)32-24-31-14-18(22(33-24)36-7-6-21(34-36)25(28,29)30)15-2-1-3-16(12-15)23(37)35-8-10-38-11-9-35/h1-7,12-14H,8-11H2,(H,31,32,33). The van der Waals surface area contributed by atoms with Gasteiger partial charge in [-0.15, -0.1) is 0 Å². The summed E-state index contributed by atoms with van der Waals surface area (Å²) in [6, 6.07) is 11.4. The van der Waals surface area contributed by atoms with E-state index in [9.17, 15) is 22.4 Å². The maximum absolute atomic E-state index is 13.5. The second kappa shape index (κ2) is 10.4. The highest BCUT2D eigenvalue weighted by Crippen LogP contribution is 2.31. The first-order chi connectivity index (χ1) is 18.2. The summed E-state index contributed by atoms with van der Waals surface area (Å²) >= 11 is 5.84. The molecule has 0 unspecified atom stereocenters. The summed E-state index contributed by atoms with van der Waals surface area (Å²) in [5.41, 5.74) is 0.499. The molecule has 38 heavy (non-hydrogen) atoms. The Hall–Kier alpha value is -4.03. The predicted octanol–water partition coefficient (Wildman–Crippen LogP) is 5.36. The molecule has 2 aromatic carbocycles. The number of nitrogens with one attached hydrogen (secondary N) is 1. The molecule has 0 aliphatic carbocycles. The van der Waals surface area contributed by atoms with E-state index in [1.54, 1.807) is 29.2 Å². The molecule has 8 nitrogen and oxygen atoms in total. The number of anilines is 2. The van der Waals surface area contributed by atoms with Crippen LogP contribution < -0.4 is 5.32 Å². The van der Waals surface area contributed by atoms with E-state index >= 15 is 0 Å². The smallest absolute Gasteiger partial charge is 0.378 e.